The smallest absolute Gasteiger partial charge is 0.258 e. The van der Waals surface area contributed by atoms with Gasteiger partial charge in [-0.15, -0.1) is 0 Å². The van der Waals surface area contributed by atoms with E-state index >= 15 is 0 Å². The molecule has 2 N–H and O–H groups in total. The van der Waals surface area contributed by atoms with Crippen molar-refractivity contribution in [2.75, 3.05) is 6.61 Å². The number of aliphatic hydroxyl groups excluding tert-OH is 1. The van der Waals surface area contributed by atoms with E-state index in [0.29, 0.717) is 5.56 Å². The number of carbonyl (C=O) groups excluding carboxylic acids is 1. The zero-order valence-corrected chi connectivity index (χ0v) is 10.7. The van der Waals surface area contributed by atoms with Gasteiger partial charge in [0.15, 0.2) is 18.2 Å². The molecule has 0 aliphatic carbocycles. The summed E-state index contributed by atoms with van der Waals surface area (Å²) >= 11 is 0. The van der Waals surface area contributed by atoms with Crippen LogP contribution in [0.1, 0.15) is 32.4 Å². The van der Waals surface area contributed by atoms with Crippen molar-refractivity contribution in [3.63, 3.8) is 0 Å². The molecule has 0 spiro atoms. The van der Waals surface area contributed by atoms with E-state index in [1.54, 1.807) is 13.0 Å². The van der Waals surface area contributed by atoms with Crippen molar-refractivity contribution in [2.24, 2.45) is 0 Å². The van der Waals surface area contributed by atoms with Gasteiger partial charge in [-0.2, -0.15) is 0 Å². The SMILES string of the molecule is CC(C)NC(=O)COc1ccc([C@H](C)O)cc1F. The first-order valence-corrected chi connectivity index (χ1v) is 5.80. The van der Waals surface area contributed by atoms with Crippen LogP contribution in [0, 0.1) is 5.82 Å². The number of ether oxygens (including phenoxy) is 1. The fourth-order valence-corrected chi connectivity index (χ4v) is 1.40. The summed E-state index contributed by atoms with van der Waals surface area (Å²) in [6, 6.07) is 4.17. The molecule has 100 valence electrons. The number of hydrogen-bond donors (Lipinski definition) is 2. The maximum Gasteiger partial charge on any atom is 0.258 e. The molecule has 0 aliphatic heterocycles. The van der Waals surface area contributed by atoms with Crippen LogP contribution in [0.5, 0.6) is 5.75 Å². The van der Waals surface area contributed by atoms with Gasteiger partial charge in [0.25, 0.3) is 5.91 Å². The first-order chi connectivity index (χ1) is 8.40. The third-order valence-corrected chi connectivity index (χ3v) is 2.25. The van der Waals surface area contributed by atoms with Crippen LogP contribution < -0.4 is 10.1 Å². The van der Waals surface area contributed by atoms with E-state index in [1.807, 2.05) is 13.8 Å². The molecule has 0 bridgehead atoms. The third kappa shape index (κ3) is 4.33. The van der Waals surface area contributed by atoms with E-state index in [2.05, 4.69) is 5.32 Å². The fraction of sp³-hybridized carbons (Fsp3) is 0.462. The average Bonchev–Trinajstić information content (AvgIpc) is 2.26. The molecule has 0 aromatic heterocycles. The maximum atomic E-state index is 13.6. The maximum absolute atomic E-state index is 13.6. The highest BCUT2D eigenvalue weighted by molar-refractivity contribution is 5.77. The van der Waals surface area contributed by atoms with Crippen molar-refractivity contribution < 1.29 is 19.0 Å². The lowest BCUT2D eigenvalue weighted by atomic mass is 10.1. The lowest BCUT2D eigenvalue weighted by Gasteiger charge is -2.11. The summed E-state index contributed by atoms with van der Waals surface area (Å²) < 4.78 is 18.6. The normalized spacial score (nSPS) is 12.3. The minimum absolute atomic E-state index is 0.00157. The van der Waals surface area contributed by atoms with Crippen molar-refractivity contribution >= 4 is 5.91 Å². The highest BCUT2D eigenvalue weighted by Gasteiger charge is 2.10. The highest BCUT2D eigenvalue weighted by Crippen LogP contribution is 2.21. The second kappa shape index (κ2) is 6.35. The summed E-state index contributed by atoms with van der Waals surface area (Å²) in [5, 5.41) is 11.9. The molecule has 0 saturated carbocycles. The largest absolute Gasteiger partial charge is 0.481 e. The number of halogens is 1. The van der Waals surface area contributed by atoms with Gasteiger partial charge in [0, 0.05) is 6.04 Å². The minimum Gasteiger partial charge on any atom is -0.481 e. The molecule has 0 aliphatic rings. The van der Waals surface area contributed by atoms with E-state index in [-0.39, 0.29) is 24.3 Å². The Hall–Kier alpha value is -1.62. The van der Waals surface area contributed by atoms with Gasteiger partial charge in [-0.3, -0.25) is 4.79 Å². The molecule has 1 aromatic rings. The monoisotopic (exact) mass is 255 g/mol. The molecule has 1 atom stereocenters. The molecule has 1 amide bonds. The van der Waals surface area contributed by atoms with Crippen LogP contribution in [0.15, 0.2) is 18.2 Å². The Labute approximate surface area is 106 Å². The van der Waals surface area contributed by atoms with Crippen molar-refractivity contribution in [1.82, 2.24) is 5.32 Å². The summed E-state index contributed by atoms with van der Waals surface area (Å²) in [5.74, 6) is -0.895. The van der Waals surface area contributed by atoms with E-state index in [0.717, 1.165) is 0 Å². The lowest BCUT2D eigenvalue weighted by Crippen LogP contribution is -2.34. The number of carbonyl (C=O) groups is 1. The molecule has 1 rings (SSSR count). The Bertz CT molecular complexity index is 419. The van der Waals surface area contributed by atoms with Crippen molar-refractivity contribution in [2.45, 2.75) is 32.9 Å². The third-order valence-electron chi connectivity index (χ3n) is 2.25. The molecule has 0 fully saturated rings. The molecule has 0 saturated heterocycles. The summed E-state index contributed by atoms with van der Waals surface area (Å²) in [7, 11) is 0. The molecule has 0 heterocycles. The van der Waals surface area contributed by atoms with E-state index in [1.165, 1.54) is 12.1 Å². The predicted molar refractivity (Wildman–Crippen MR) is 65.8 cm³/mol. The zero-order chi connectivity index (χ0) is 13.7. The van der Waals surface area contributed by atoms with Crippen LogP contribution in [0.25, 0.3) is 0 Å². The molecule has 5 heteroatoms. The highest BCUT2D eigenvalue weighted by atomic mass is 19.1. The van der Waals surface area contributed by atoms with Crippen molar-refractivity contribution in [3.05, 3.63) is 29.6 Å². The number of amides is 1. The van der Waals surface area contributed by atoms with Gasteiger partial charge in [-0.1, -0.05) is 6.07 Å². The standard InChI is InChI=1S/C13H18FNO3/c1-8(2)15-13(17)7-18-12-5-4-10(9(3)16)6-11(12)14/h4-6,8-9,16H,7H2,1-3H3,(H,15,17)/t9-/m0/s1. The molecule has 1 aromatic carbocycles. The number of nitrogens with one attached hydrogen (secondary N) is 1. The van der Waals surface area contributed by atoms with E-state index in [4.69, 9.17) is 4.74 Å². The Kier molecular flexibility index (Phi) is 5.09. The molecule has 0 unspecified atom stereocenters. The summed E-state index contributed by atoms with van der Waals surface area (Å²) in [6.07, 6.45) is -0.738. The van der Waals surface area contributed by atoms with Gasteiger partial charge in [-0.25, -0.2) is 4.39 Å². The number of rotatable bonds is 5. The van der Waals surface area contributed by atoms with Crippen molar-refractivity contribution in [1.29, 1.82) is 0 Å². The quantitative estimate of drug-likeness (QED) is 0.843. The van der Waals surface area contributed by atoms with Crippen LogP contribution >= 0.6 is 0 Å². The van der Waals surface area contributed by atoms with Gasteiger partial charge < -0.3 is 15.2 Å². The molecule has 0 radical (unpaired) electrons. The molecule has 4 nitrogen and oxygen atoms in total. The molecular weight excluding hydrogens is 237 g/mol. The van der Waals surface area contributed by atoms with Crippen LogP contribution in [0.2, 0.25) is 0 Å². The zero-order valence-electron chi connectivity index (χ0n) is 10.7. The Morgan fingerprint density at radius 2 is 2.11 bits per heavy atom. The van der Waals surface area contributed by atoms with Crippen LogP contribution in [-0.2, 0) is 4.79 Å². The second-order valence-corrected chi connectivity index (χ2v) is 4.38. The summed E-state index contributed by atoms with van der Waals surface area (Å²) in [4.78, 5) is 11.3. The van der Waals surface area contributed by atoms with Crippen LogP contribution in [0.3, 0.4) is 0 Å². The minimum atomic E-state index is -0.738. The first kappa shape index (κ1) is 14.4. The Morgan fingerprint density at radius 1 is 1.44 bits per heavy atom. The average molecular weight is 255 g/mol. The topological polar surface area (TPSA) is 58.6 Å². The molecular formula is C13H18FNO3. The van der Waals surface area contributed by atoms with Gasteiger partial charge in [0.2, 0.25) is 0 Å². The predicted octanol–water partition coefficient (Wildman–Crippen LogP) is 1.78. The van der Waals surface area contributed by atoms with Gasteiger partial charge in [-0.05, 0) is 38.5 Å². The Balaban J connectivity index is 2.60. The molecule has 18 heavy (non-hydrogen) atoms. The fourth-order valence-electron chi connectivity index (χ4n) is 1.40. The second-order valence-electron chi connectivity index (χ2n) is 4.38. The number of hydrogen-bond acceptors (Lipinski definition) is 3. The van der Waals surface area contributed by atoms with Gasteiger partial charge in [0.05, 0.1) is 6.10 Å². The van der Waals surface area contributed by atoms with Crippen LogP contribution in [-0.4, -0.2) is 23.7 Å². The summed E-state index contributed by atoms with van der Waals surface area (Å²) in [6.45, 7) is 4.97. The number of benzene rings is 1. The van der Waals surface area contributed by atoms with Crippen LogP contribution in [0.4, 0.5) is 4.39 Å². The number of aliphatic hydroxyl groups is 1. The van der Waals surface area contributed by atoms with E-state index < -0.39 is 11.9 Å². The van der Waals surface area contributed by atoms with Gasteiger partial charge in [0.1, 0.15) is 0 Å². The van der Waals surface area contributed by atoms with E-state index in [9.17, 15) is 14.3 Å². The summed E-state index contributed by atoms with van der Waals surface area (Å²) in [5.41, 5.74) is 0.464. The lowest BCUT2D eigenvalue weighted by molar-refractivity contribution is -0.123. The van der Waals surface area contributed by atoms with Gasteiger partial charge >= 0.3 is 0 Å². The van der Waals surface area contributed by atoms with Crippen molar-refractivity contribution in [3.8, 4) is 5.75 Å². The Morgan fingerprint density at radius 3 is 2.61 bits per heavy atom. The first-order valence-electron chi connectivity index (χ1n) is 5.80.